The fraction of sp³-hybridized carbons (Fsp3) is 0.412. The number of carbonyl (C=O) groups is 1. The molecule has 0 bridgehead atoms. The average molecular weight is 285 g/mol. The lowest BCUT2D eigenvalue weighted by molar-refractivity contribution is 0.0918. The molecule has 0 spiro atoms. The van der Waals surface area contributed by atoms with E-state index in [1.54, 1.807) is 18.2 Å². The van der Waals surface area contributed by atoms with E-state index in [1.165, 1.54) is 6.42 Å². The molecule has 21 heavy (non-hydrogen) atoms. The molecule has 1 heterocycles. The third-order valence-electron chi connectivity index (χ3n) is 4.16. The summed E-state index contributed by atoms with van der Waals surface area (Å²) in [5.74, 6) is 0.297. The van der Waals surface area contributed by atoms with Crippen molar-refractivity contribution in [2.75, 3.05) is 0 Å². The molecule has 4 heteroatoms. The van der Waals surface area contributed by atoms with Crippen LogP contribution in [0, 0.1) is 5.92 Å². The third-order valence-corrected chi connectivity index (χ3v) is 4.16. The quantitative estimate of drug-likeness (QED) is 0.862. The van der Waals surface area contributed by atoms with Crippen LogP contribution >= 0.6 is 0 Å². The van der Waals surface area contributed by atoms with Gasteiger partial charge in [0.05, 0.1) is 0 Å². The Hall–Kier alpha value is -2.10. The van der Waals surface area contributed by atoms with Crippen molar-refractivity contribution in [3.63, 3.8) is 0 Å². The van der Waals surface area contributed by atoms with Crippen LogP contribution in [0.4, 0.5) is 0 Å². The molecule has 0 saturated heterocycles. The van der Waals surface area contributed by atoms with E-state index in [9.17, 15) is 9.59 Å². The van der Waals surface area contributed by atoms with Crippen molar-refractivity contribution in [1.82, 2.24) is 5.32 Å². The van der Waals surface area contributed by atoms with Gasteiger partial charge >= 0.3 is 5.63 Å². The van der Waals surface area contributed by atoms with E-state index >= 15 is 0 Å². The Labute approximate surface area is 123 Å². The summed E-state index contributed by atoms with van der Waals surface area (Å²) in [4.78, 5) is 24.3. The molecule has 0 radical (unpaired) electrons. The lowest BCUT2D eigenvalue weighted by atomic mass is 9.87. The van der Waals surface area contributed by atoms with Crippen LogP contribution in [0.15, 0.2) is 39.5 Å². The zero-order valence-corrected chi connectivity index (χ0v) is 12.1. The SMILES string of the molecule is CC1CCCC(NC(=O)c2cc3ccccc3oc2=O)C1. The topological polar surface area (TPSA) is 59.3 Å². The largest absolute Gasteiger partial charge is 0.422 e. The molecule has 1 aromatic heterocycles. The summed E-state index contributed by atoms with van der Waals surface area (Å²) < 4.78 is 5.21. The minimum atomic E-state index is -0.574. The normalized spacial score (nSPS) is 22.1. The molecule has 0 aliphatic heterocycles. The molecule has 1 aliphatic carbocycles. The number of carbonyl (C=O) groups excluding carboxylic acids is 1. The van der Waals surface area contributed by atoms with Gasteiger partial charge in [-0.1, -0.05) is 38.0 Å². The Morgan fingerprint density at radius 2 is 2.10 bits per heavy atom. The molecule has 1 aromatic carbocycles. The highest BCUT2D eigenvalue weighted by Gasteiger charge is 2.22. The first kappa shape index (κ1) is 13.9. The maximum atomic E-state index is 12.3. The second kappa shape index (κ2) is 5.72. The van der Waals surface area contributed by atoms with Gasteiger partial charge < -0.3 is 9.73 Å². The van der Waals surface area contributed by atoms with Crippen molar-refractivity contribution in [3.8, 4) is 0 Å². The van der Waals surface area contributed by atoms with Crippen LogP contribution in [0.5, 0.6) is 0 Å². The standard InChI is InChI=1S/C17H19NO3/c1-11-5-4-7-13(9-11)18-16(19)14-10-12-6-2-3-8-15(12)21-17(14)20/h2-3,6,8,10-11,13H,4-5,7,9H2,1H3,(H,18,19). The fourth-order valence-electron chi connectivity index (χ4n) is 3.05. The number of hydrogen-bond donors (Lipinski definition) is 1. The van der Waals surface area contributed by atoms with Crippen molar-refractivity contribution < 1.29 is 9.21 Å². The molecule has 1 fully saturated rings. The smallest absolute Gasteiger partial charge is 0.349 e. The van der Waals surface area contributed by atoms with Crippen LogP contribution in [-0.2, 0) is 0 Å². The Morgan fingerprint density at radius 3 is 2.90 bits per heavy atom. The van der Waals surface area contributed by atoms with Gasteiger partial charge in [0.1, 0.15) is 11.1 Å². The van der Waals surface area contributed by atoms with E-state index in [0.29, 0.717) is 11.5 Å². The molecular weight excluding hydrogens is 266 g/mol. The second-order valence-electron chi connectivity index (χ2n) is 5.93. The van der Waals surface area contributed by atoms with Gasteiger partial charge in [-0.15, -0.1) is 0 Å². The van der Waals surface area contributed by atoms with E-state index < -0.39 is 5.63 Å². The predicted molar refractivity (Wildman–Crippen MR) is 81.4 cm³/mol. The summed E-state index contributed by atoms with van der Waals surface area (Å²) in [7, 11) is 0. The predicted octanol–water partition coefficient (Wildman–Crippen LogP) is 3.10. The van der Waals surface area contributed by atoms with Gasteiger partial charge in [0.2, 0.25) is 0 Å². The lowest BCUT2D eigenvalue weighted by Crippen LogP contribution is -2.39. The van der Waals surface area contributed by atoms with Crippen molar-refractivity contribution in [3.05, 3.63) is 46.3 Å². The highest BCUT2D eigenvalue weighted by molar-refractivity contribution is 5.96. The summed E-state index contributed by atoms with van der Waals surface area (Å²) >= 11 is 0. The fourth-order valence-corrected chi connectivity index (χ4v) is 3.05. The van der Waals surface area contributed by atoms with Gasteiger partial charge in [-0.25, -0.2) is 4.79 Å². The van der Waals surface area contributed by atoms with Crippen LogP contribution in [0.25, 0.3) is 11.0 Å². The number of hydrogen-bond acceptors (Lipinski definition) is 3. The van der Waals surface area contributed by atoms with Crippen LogP contribution in [-0.4, -0.2) is 11.9 Å². The molecule has 110 valence electrons. The molecule has 1 amide bonds. The summed E-state index contributed by atoms with van der Waals surface area (Å²) in [6.07, 6.45) is 4.29. The van der Waals surface area contributed by atoms with Gasteiger partial charge in [-0.3, -0.25) is 4.79 Å². The Balaban J connectivity index is 1.84. The van der Waals surface area contributed by atoms with Gasteiger partial charge in [0, 0.05) is 11.4 Å². The van der Waals surface area contributed by atoms with Crippen molar-refractivity contribution in [2.45, 2.75) is 38.6 Å². The summed E-state index contributed by atoms with van der Waals surface area (Å²) in [6, 6.07) is 8.98. The molecule has 1 N–H and O–H groups in total. The monoisotopic (exact) mass is 285 g/mol. The maximum absolute atomic E-state index is 12.3. The second-order valence-corrected chi connectivity index (χ2v) is 5.93. The number of fused-ring (bicyclic) bond motifs is 1. The number of amides is 1. The highest BCUT2D eigenvalue weighted by Crippen LogP contribution is 2.23. The first-order valence-corrected chi connectivity index (χ1v) is 7.47. The summed E-state index contributed by atoms with van der Waals surface area (Å²) in [6.45, 7) is 2.20. The Bertz CT molecular complexity index is 719. The van der Waals surface area contributed by atoms with E-state index in [1.807, 2.05) is 12.1 Å². The number of rotatable bonds is 2. The molecular formula is C17H19NO3. The summed E-state index contributed by atoms with van der Waals surface area (Å²) in [5, 5.41) is 3.74. The molecule has 1 aliphatic rings. The van der Waals surface area contributed by atoms with Crippen LogP contribution < -0.4 is 10.9 Å². The van der Waals surface area contributed by atoms with Gasteiger partial charge in [-0.05, 0) is 30.9 Å². The highest BCUT2D eigenvalue weighted by atomic mass is 16.4. The number of nitrogens with one attached hydrogen (secondary N) is 1. The minimum Gasteiger partial charge on any atom is -0.422 e. The molecule has 1 saturated carbocycles. The first-order chi connectivity index (χ1) is 10.1. The Kier molecular flexibility index (Phi) is 3.78. The third kappa shape index (κ3) is 2.99. The molecule has 2 unspecified atom stereocenters. The average Bonchev–Trinajstić information content (AvgIpc) is 2.46. The maximum Gasteiger partial charge on any atom is 0.349 e. The van der Waals surface area contributed by atoms with Crippen LogP contribution in [0.2, 0.25) is 0 Å². The first-order valence-electron chi connectivity index (χ1n) is 7.47. The van der Waals surface area contributed by atoms with E-state index in [2.05, 4.69) is 12.2 Å². The molecule has 3 rings (SSSR count). The molecule has 2 aromatic rings. The zero-order chi connectivity index (χ0) is 14.8. The van der Waals surface area contributed by atoms with Crippen LogP contribution in [0.1, 0.15) is 43.0 Å². The number of para-hydroxylation sites is 1. The van der Waals surface area contributed by atoms with Gasteiger partial charge in [0.25, 0.3) is 5.91 Å². The minimum absolute atomic E-state index is 0.0897. The van der Waals surface area contributed by atoms with E-state index in [4.69, 9.17) is 4.42 Å². The van der Waals surface area contributed by atoms with Crippen molar-refractivity contribution >= 4 is 16.9 Å². The van der Waals surface area contributed by atoms with Crippen molar-refractivity contribution in [2.24, 2.45) is 5.92 Å². The van der Waals surface area contributed by atoms with E-state index in [-0.39, 0.29) is 17.5 Å². The van der Waals surface area contributed by atoms with E-state index in [0.717, 1.165) is 24.6 Å². The van der Waals surface area contributed by atoms with Gasteiger partial charge in [-0.2, -0.15) is 0 Å². The summed E-state index contributed by atoms with van der Waals surface area (Å²) in [5.41, 5.74) is 0.0207. The number of benzene rings is 1. The van der Waals surface area contributed by atoms with Crippen molar-refractivity contribution in [1.29, 1.82) is 0 Å². The zero-order valence-electron chi connectivity index (χ0n) is 12.1. The van der Waals surface area contributed by atoms with Gasteiger partial charge in [0.15, 0.2) is 0 Å². The lowest BCUT2D eigenvalue weighted by Gasteiger charge is -2.27. The molecule has 4 nitrogen and oxygen atoms in total. The Morgan fingerprint density at radius 1 is 1.29 bits per heavy atom. The molecule has 2 atom stereocenters. The van der Waals surface area contributed by atoms with Crippen LogP contribution in [0.3, 0.4) is 0 Å².